The van der Waals surface area contributed by atoms with E-state index in [1.807, 2.05) is 0 Å². The zero-order chi connectivity index (χ0) is 14.9. The number of hydrogen-bond donors (Lipinski definition) is 2. The second kappa shape index (κ2) is 5.45. The van der Waals surface area contributed by atoms with Crippen molar-refractivity contribution in [2.24, 2.45) is 0 Å². The molecule has 0 saturated heterocycles. The number of aliphatic hydroxyl groups excluding tert-OH is 1. The molecule has 0 aliphatic heterocycles. The zero-order valence-corrected chi connectivity index (χ0v) is 11.7. The molecule has 1 aromatic carbocycles. The van der Waals surface area contributed by atoms with Gasteiger partial charge in [-0.15, -0.1) is 0 Å². The number of nitrogen functional groups attached to an aromatic ring is 1. The maximum absolute atomic E-state index is 13.0. The minimum absolute atomic E-state index is 0.0518. The Hall–Kier alpha value is -1.54. The number of halogens is 4. The summed E-state index contributed by atoms with van der Waals surface area (Å²) in [5.74, 6) is 0.199. The Morgan fingerprint density at radius 2 is 2.00 bits per heavy atom. The van der Waals surface area contributed by atoms with Crippen LogP contribution in [0.15, 0.2) is 28.7 Å². The van der Waals surface area contributed by atoms with E-state index < -0.39 is 11.7 Å². The van der Waals surface area contributed by atoms with Gasteiger partial charge in [0.25, 0.3) is 0 Å². The molecular weight excluding hydrogens is 339 g/mol. The number of aromatic nitrogens is 2. The van der Waals surface area contributed by atoms with Crippen LogP contribution < -0.4 is 5.73 Å². The molecule has 1 heterocycles. The van der Waals surface area contributed by atoms with Gasteiger partial charge in [-0.25, -0.2) is 4.68 Å². The van der Waals surface area contributed by atoms with Crippen molar-refractivity contribution < 1.29 is 18.3 Å². The van der Waals surface area contributed by atoms with Gasteiger partial charge in [-0.2, -0.15) is 18.3 Å². The Balaban J connectivity index is 2.55. The van der Waals surface area contributed by atoms with Gasteiger partial charge < -0.3 is 10.8 Å². The van der Waals surface area contributed by atoms with E-state index >= 15 is 0 Å². The number of nitrogens with zero attached hydrogens (tertiary/aromatic N) is 2. The van der Waals surface area contributed by atoms with Crippen LogP contribution in [0, 0.1) is 0 Å². The monoisotopic (exact) mass is 349 g/mol. The molecule has 0 aliphatic carbocycles. The number of alkyl halides is 3. The van der Waals surface area contributed by atoms with E-state index in [4.69, 9.17) is 10.8 Å². The summed E-state index contributed by atoms with van der Waals surface area (Å²) >= 11 is 3.02. The molecule has 0 aliphatic rings. The van der Waals surface area contributed by atoms with Crippen LogP contribution in [0.25, 0.3) is 11.3 Å². The lowest BCUT2D eigenvalue weighted by Gasteiger charge is -2.11. The van der Waals surface area contributed by atoms with Crippen LogP contribution in [0.1, 0.15) is 5.56 Å². The van der Waals surface area contributed by atoms with Gasteiger partial charge in [-0.1, -0.05) is 22.0 Å². The number of hydrogen-bond acceptors (Lipinski definition) is 3. The van der Waals surface area contributed by atoms with Gasteiger partial charge in [-0.05, 0) is 12.1 Å². The Labute approximate surface area is 121 Å². The summed E-state index contributed by atoms with van der Waals surface area (Å²) in [6.07, 6.45) is -4.49. The average molecular weight is 350 g/mol. The van der Waals surface area contributed by atoms with Crippen LogP contribution in [0.4, 0.5) is 19.0 Å². The fourth-order valence-electron chi connectivity index (χ4n) is 1.81. The molecule has 2 rings (SSSR count). The fraction of sp³-hybridized carbons (Fsp3) is 0.250. The molecule has 2 aromatic rings. The molecule has 108 valence electrons. The van der Waals surface area contributed by atoms with Gasteiger partial charge in [0.1, 0.15) is 5.82 Å². The van der Waals surface area contributed by atoms with Crippen LogP contribution >= 0.6 is 15.9 Å². The SMILES string of the molecule is Nc1cc(-c2ccc(Br)cc2C(F)(F)F)nn1CCO. The Kier molecular flexibility index (Phi) is 4.05. The second-order valence-electron chi connectivity index (χ2n) is 4.09. The van der Waals surface area contributed by atoms with Crippen molar-refractivity contribution in [3.63, 3.8) is 0 Å². The second-order valence-corrected chi connectivity index (χ2v) is 5.00. The summed E-state index contributed by atoms with van der Waals surface area (Å²) in [5.41, 5.74) is 4.93. The summed E-state index contributed by atoms with van der Waals surface area (Å²) < 4.78 is 40.7. The minimum Gasteiger partial charge on any atom is -0.394 e. The first-order chi connectivity index (χ1) is 9.32. The van der Waals surface area contributed by atoms with Crippen molar-refractivity contribution in [3.8, 4) is 11.3 Å². The molecule has 8 heteroatoms. The number of nitrogens with two attached hydrogens (primary N) is 1. The van der Waals surface area contributed by atoms with Crippen molar-refractivity contribution in [1.29, 1.82) is 0 Å². The summed E-state index contributed by atoms with van der Waals surface area (Å²) in [6.45, 7) is -0.0680. The molecule has 3 N–H and O–H groups in total. The first-order valence-electron chi connectivity index (χ1n) is 5.64. The quantitative estimate of drug-likeness (QED) is 0.895. The highest BCUT2D eigenvalue weighted by Gasteiger charge is 2.34. The summed E-state index contributed by atoms with van der Waals surface area (Å²) in [6, 6.07) is 5.19. The number of benzene rings is 1. The molecular formula is C12H11BrF3N3O. The number of anilines is 1. The normalized spacial score (nSPS) is 11.8. The van der Waals surface area contributed by atoms with Gasteiger partial charge in [0.2, 0.25) is 0 Å². The molecule has 0 atom stereocenters. The molecule has 0 bridgehead atoms. The van der Waals surface area contributed by atoms with Crippen LogP contribution in [-0.2, 0) is 12.7 Å². The van der Waals surface area contributed by atoms with Gasteiger partial charge in [0.05, 0.1) is 24.4 Å². The lowest BCUT2D eigenvalue weighted by Crippen LogP contribution is -2.09. The lowest BCUT2D eigenvalue weighted by atomic mass is 10.0. The van der Waals surface area contributed by atoms with E-state index in [0.29, 0.717) is 4.47 Å². The Morgan fingerprint density at radius 3 is 2.60 bits per heavy atom. The Morgan fingerprint density at radius 1 is 1.30 bits per heavy atom. The summed E-state index contributed by atoms with van der Waals surface area (Å²) in [4.78, 5) is 0. The average Bonchev–Trinajstić information content (AvgIpc) is 2.70. The van der Waals surface area contributed by atoms with Crippen molar-refractivity contribution in [2.45, 2.75) is 12.7 Å². The van der Waals surface area contributed by atoms with Crippen LogP contribution in [0.2, 0.25) is 0 Å². The molecule has 0 amide bonds. The summed E-state index contributed by atoms with van der Waals surface area (Å²) in [5, 5.41) is 12.8. The first kappa shape index (κ1) is 14.9. The van der Waals surface area contributed by atoms with Crippen molar-refractivity contribution in [1.82, 2.24) is 9.78 Å². The highest BCUT2D eigenvalue weighted by Crippen LogP contribution is 2.38. The lowest BCUT2D eigenvalue weighted by molar-refractivity contribution is -0.137. The standard InChI is InChI=1S/C12H11BrF3N3O/c13-7-1-2-8(9(5-7)12(14,15)16)10-6-11(17)19(18-10)3-4-20/h1-2,5-6,20H,3-4,17H2. The van der Waals surface area contributed by atoms with Gasteiger partial charge in [0, 0.05) is 16.1 Å². The molecule has 0 unspecified atom stereocenters. The third-order valence-corrected chi connectivity index (χ3v) is 3.18. The fourth-order valence-corrected chi connectivity index (χ4v) is 2.17. The maximum Gasteiger partial charge on any atom is 0.417 e. The zero-order valence-electron chi connectivity index (χ0n) is 10.2. The van der Waals surface area contributed by atoms with E-state index in [9.17, 15) is 13.2 Å². The third kappa shape index (κ3) is 2.96. The highest BCUT2D eigenvalue weighted by atomic mass is 79.9. The van der Waals surface area contributed by atoms with Crippen LogP contribution in [0.3, 0.4) is 0 Å². The van der Waals surface area contributed by atoms with E-state index in [-0.39, 0.29) is 30.2 Å². The van der Waals surface area contributed by atoms with E-state index in [2.05, 4.69) is 21.0 Å². The molecule has 4 nitrogen and oxygen atoms in total. The van der Waals surface area contributed by atoms with Gasteiger partial charge in [-0.3, -0.25) is 0 Å². The molecule has 0 spiro atoms. The predicted molar refractivity (Wildman–Crippen MR) is 71.9 cm³/mol. The minimum atomic E-state index is -4.49. The number of rotatable bonds is 3. The predicted octanol–water partition coefficient (Wildman–Crippen LogP) is 2.91. The van der Waals surface area contributed by atoms with E-state index in [1.54, 1.807) is 0 Å². The Bertz CT molecular complexity index is 625. The molecule has 0 radical (unpaired) electrons. The van der Waals surface area contributed by atoms with Crippen LogP contribution in [0.5, 0.6) is 0 Å². The molecule has 0 fully saturated rings. The highest BCUT2D eigenvalue weighted by molar-refractivity contribution is 9.10. The molecule has 0 saturated carbocycles. The largest absolute Gasteiger partial charge is 0.417 e. The van der Waals surface area contributed by atoms with Crippen molar-refractivity contribution in [2.75, 3.05) is 12.3 Å². The topological polar surface area (TPSA) is 64.1 Å². The van der Waals surface area contributed by atoms with Crippen molar-refractivity contribution >= 4 is 21.7 Å². The maximum atomic E-state index is 13.0. The van der Waals surface area contributed by atoms with Crippen LogP contribution in [-0.4, -0.2) is 21.5 Å². The van der Waals surface area contributed by atoms with E-state index in [0.717, 1.165) is 6.07 Å². The molecule has 1 aromatic heterocycles. The van der Waals surface area contributed by atoms with E-state index in [1.165, 1.54) is 22.9 Å². The first-order valence-corrected chi connectivity index (χ1v) is 6.43. The molecule has 20 heavy (non-hydrogen) atoms. The van der Waals surface area contributed by atoms with Gasteiger partial charge >= 0.3 is 6.18 Å². The smallest absolute Gasteiger partial charge is 0.394 e. The number of aliphatic hydroxyl groups is 1. The summed E-state index contributed by atoms with van der Waals surface area (Å²) in [7, 11) is 0. The van der Waals surface area contributed by atoms with Crippen molar-refractivity contribution in [3.05, 3.63) is 34.3 Å². The van der Waals surface area contributed by atoms with Gasteiger partial charge in [0.15, 0.2) is 0 Å². The third-order valence-electron chi connectivity index (χ3n) is 2.69.